The van der Waals surface area contributed by atoms with E-state index in [1.165, 1.54) is 31.6 Å². The van der Waals surface area contributed by atoms with Crippen LogP contribution in [0.2, 0.25) is 0 Å². The zero-order valence-corrected chi connectivity index (χ0v) is 17.5. The number of halogens is 4. The SMILES string of the molecule is COc1cc(-c2ccc(F)cc2)cc2c(NC(C)c3ccc(C(F)(F)F)[n+]([O-])c3)ncnc12. The molecule has 1 N–H and O–H groups in total. The van der Waals surface area contributed by atoms with E-state index in [4.69, 9.17) is 4.74 Å². The Morgan fingerprint density at radius 1 is 1.03 bits per heavy atom. The van der Waals surface area contributed by atoms with Gasteiger partial charge in [-0.25, -0.2) is 14.4 Å². The van der Waals surface area contributed by atoms with Crippen LogP contribution in [0.1, 0.15) is 24.2 Å². The molecule has 2 aromatic carbocycles. The fourth-order valence-corrected chi connectivity index (χ4v) is 3.48. The Kier molecular flexibility index (Phi) is 5.75. The van der Waals surface area contributed by atoms with Gasteiger partial charge in [0, 0.05) is 17.0 Å². The number of benzene rings is 2. The largest absolute Gasteiger partial charge is 0.618 e. The predicted octanol–water partition coefficient (Wildman–Crippen LogP) is 5.27. The van der Waals surface area contributed by atoms with Crippen LogP contribution in [0.25, 0.3) is 22.0 Å². The quantitative estimate of drug-likeness (QED) is 0.251. The smallest absolute Gasteiger partial charge is 0.478 e. The van der Waals surface area contributed by atoms with Crippen molar-refractivity contribution in [1.82, 2.24) is 9.97 Å². The van der Waals surface area contributed by atoms with Gasteiger partial charge >= 0.3 is 6.18 Å². The van der Waals surface area contributed by atoms with Crippen molar-refractivity contribution < 1.29 is 27.0 Å². The first-order valence-corrected chi connectivity index (χ1v) is 9.83. The minimum atomic E-state index is -4.74. The van der Waals surface area contributed by atoms with E-state index in [0.29, 0.717) is 28.0 Å². The maximum Gasteiger partial charge on any atom is 0.478 e. The number of nitrogens with zero attached hydrogens (tertiary/aromatic N) is 3. The molecular weight excluding hydrogens is 440 g/mol. The lowest BCUT2D eigenvalue weighted by Crippen LogP contribution is -2.37. The molecule has 0 radical (unpaired) electrons. The molecule has 0 spiro atoms. The molecule has 0 aliphatic rings. The van der Waals surface area contributed by atoms with Crippen LogP contribution in [0.5, 0.6) is 5.75 Å². The molecule has 0 amide bonds. The number of rotatable bonds is 5. The highest BCUT2D eigenvalue weighted by atomic mass is 19.4. The van der Waals surface area contributed by atoms with Crippen molar-refractivity contribution >= 4 is 16.7 Å². The number of fused-ring (bicyclic) bond motifs is 1. The number of nitrogens with one attached hydrogen (secondary N) is 1. The molecule has 1 atom stereocenters. The van der Waals surface area contributed by atoms with Gasteiger partial charge in [0.05, 0.1) is 13.2 Å². The lowest BCUT2D eigenvalue weighted by Gasteiger charge is -2.18. The monoisotopic (exact) mass is 458 g/mol. The summed E-state index contributed by atoms with van der Waals surface area (Å²) in [6.45, 7) is 1.69. The van der Waals surface area contributed by atoms with Crippen LogP contribution in [0, 0.1) is 11.0 Å². The molecule has 0 aliphatic carbocycles. The van der Waals surface area contributed by atoms with Crippen LogP contribution >= 0.6 is 0 Å². The van der Waals surface area contributed by atoms with E-state index >= 15 is 0 Å². The second kappa shape index (κ2) is 8.53. The Morgan fingerprint density at radius 2 is 1.76 bits per heavy atom. The maximum atomic E-state index is 13.3. The van der Waals surface area contributed by atoms with E-state index in [1.807, 2.05) is 0 Å². The summed E-state index contributed by atoms with van der Waals surface area (Å²) in [6.07, 6.45) is -2.53. The molecule has 4 aromatic rings. The molecule has 33 heavy (non-hydrogen) atoms. The van der Waals surface area contributed by atoms with Crippen LogP contribution in [0.15, 0.2) is 61.1 Å². The second-order valence-corrected chi connectivity index (χ2v) is 7.34. The maximum absolute atomic E-state index is 13.3. The van der Waals surface area contributed by atoms with Crippen molar-refractivity contribution in [2.45, 2.75) is 19.1 Å². The molecule has 6 nitrogen and oxygen atoms in total. The van der Waals surface area contributed by atoms with Crippen LogP contribution in [0.3, 0.4) is 0 Å². The first-order chi connectivity index (χ1) is 15.7. The summed E-state index contributed by atoms with van der Waals surface area (Å²) in [5.74, 6) is 0.502. The lowest BCUT2D eigenvalue weighted by molar-refractivity contribution is -0.629. The van der Waals surface area contributed by atoms with E-state index in [0.717, 1.165) is 23.4 Å². The minimum Gasteiger partial charge on any atom is -0.618 e. The highest BCUT2D eigenvalue weighted by molar-refractivity contribution is 5.96. The number of anilines is 1. The summed E-state index contributed by atoms with van der Waals surface area (Å²) in [6, 6.07) is 11.0. The highest BCUT2D eigenvalue weighted by Gasteiger charge is 2.39. The highest BCUT2D eigenvalue weighted by Crippen LogP contribution is 2.35. The normalized spacial score (nSPS) is 12.5. The average Bonchev–Trinajstić information content (AvgIpc) is 2.78. The number of methoxy groups -OCH3 is 1. The first-order valence-electron chi connectivity index (χ1n) is 9.83. The zero-order chi connectivity index (χ0) is 23.8. The second-order valence-electron chi connectivity index (χ2n) is 7.34. The van der Waals surface area contributed by atoms with Crippen molar-refractivity contribution in [2.24, 2.45) is 0 Å². The number of ether oxygens (including phenoxy) is 1. The van der Waals surface area contributed by atoms with Gasteiger partial charge in [-0.15, -0.1) is 0 Å². The van der Waals surface area contributed by atoms with E-state index in [9.17, 15) is 22.8 Å². The van der Waals surface area contributed by atoms with Crippen LogP contribution in [0.4, 0.5) is 23.4 Å². The van der Waals surface area contributed by atoms with Crippen LogP contribution in [-0.4, -0.2) is 17.1 Å². The average molecular weight is 458 g/mol. The molecule has 0 saturated heterocycles. The molecule has 4 rings (SSSR count). The van der Waals surface area contributed by atoms with Gasteiger partial charge in [-0.05, 0) is 48.4 Å². The van der Waals surface area contributed by atoms with Crippen LogP contribution in [-0.2, 0) is 6.18 Å². The fraction of sp³-hybridized carbons (Fsp3) is 0.174. The standard InChI is InChI=1S/C23H18F4N4O2/c1-13(15-5-8-20(23(25,26)27)31(32)11-15)30-22-18-9-16(14-3-6-17(24)7-4-14)10-19(33-2)21(18)28-12-29-22/h3-13H,1-2H3,(H,28,29,30). The number of alkyl halides is 3. The van der Waals surface area contributed by atoms with Gasteiger partial charge in [0.15, 0.2) is 6.20 Å². The van der Waals surface area contributed by atoms with Crippen molar-refractivity contribution in [3.63, 3.8) is 0 Å². The lowest BCUT2D eigenvalue weighted by atomic mass is 10.0. The third-order valence-corrected chi connectivity index (χ3v) is 5.18. The molecule has 1 unspecified atom stereocenters. The van der Waals surface area contributed by atoms with Gasteiger partial charge in [0.25, 0.3) is 5.69 Å². The Hall–Kier alpha value is -3.95. The summed E-state index contributed by atoms with van der Waals surface area (Å²) < 4.78 is 57.3. The predicted molar refractivity (Wildman–Crippen MR) is 114 cm³/mol. The number of hydrogen-bond acceptors (Lipinski definition) is 5. The van der Waals surface area contributed by atoms with Crippen molar-refractivity contribution in [3.8, 4) is 16.9 Å². The molecule has 0 saturated carbocycles. The molecular formula is C23H18F4N4O2. The van der Waals surface area contributed by atoms with Crippen molar-refractivity contribution in [3.05, 3.63) is 83.3 Å². The van der Waals surface area contributed by atoms with Gasteiger partial charge in [-0.1, -0.05) is 12.1 Å². The molecule has 2 aromatic heterocycles. The number of hydrogen-bond donors (Lipinski definition) is 1. The van der Waals surface area contributed by atoms with E-state index < -0.39 is 17.9 Å². The van der Waals surface area contributed by atoms with Crippen LogP contribution < -0.4 is 14.8 Å². The molecule has 0 bridgehead atoms. The Balaban J connectivity index is 1.74. The third kappa shape index (κ3) is 4.50. The third-order valence-electron chi connectivity index (χ3n) is 5.18. The summed E-state index contributed by atoms with van der Waals surface area (Å²) in [7, 11) is 1.50. The Labute approximate surface area is 186 Å². The zero-order valence-electron chi connectivity index (χ0n) is 17.5. The Morgan fingerprint density at radius 3 is 2.39 bits per heavy atom. The van der Waals surface area contributed by atoms with Gasteiger partial charge in [-0.2, -0.15) is 17.9 Å². The summed E-state index contributed by atoms with van der Waals surface area (Å²) in [5.41, 5.74) is 1.04. The van der Waals surface area contributed by atoms with Crippen molar-refractivity contribution in [1.29, 1.82) is 0 Å². The van der Waals surface area contributed by atoms with E-state index in [2.05, 4.69) is 15.3 Å². The summed E-state index contributed by atoms with van der Waals surface area (Å²) in [5, 5.41) is 15.6. The number of aromatic nitrogens is 3. The summed E-state index contributed by atoms with van der Waals surface area (Å²) in [4.78, 5) is 8.55. The van der Waals surface area contributed by atoms with Gasteiger partial charge in [0.1, 0.15) is 29.2 Å². The van der Waals surface area contributed by atoms with Crippen molar-refractivity contribution in [2.75, 3.05) is 12.4 Å². The summed E-state index contributed by atoms with van der Waals surface area (Å²) >= 11 is 0. The van der Waals surface area contributed by atoms with E-state index in [1.54, 1.807) is 31.2 Å². The minimum absolute atomic E-state index is 0.193. The molecule has 2 heterocycles. The molecule has 170 valence electrons. The molecule has 10 heteroatoms. The van der Waals surface area contributed by atoms with Gasteiger partial charge in [-0.3, -0.25) is 0 Å². The van der Waals surface area contributed by atoms with Gasteiger partial charge < -0.3 is 15.3 Å². The fourth-order valence-electron chi connectivity index (χ4n) is 3.48. The Bertz CT molecular complexity index is 1310. The van der Waals surface area contributed by atoms with Gasteiger partial charge in [0.2, 0.25) is 0 Å². The molecule has 0 fully saturated rings. The first kappa shape index (κ1) is 22.3. The molecule has 0 aliphatic heterocycles. The number of pyridine rings is 1. The van der Waals surface area contributed by atoms with E-state index in [-0.39, 0.29) is 10.5 Å². The topological polar surface area (TPSA) is 74.0 Å².